The van der Waals surface area contributed by atoms with Crippen molar-refractivity contribution in [2.75, 3.05) is 11.9 Å². The Labute approximate surface area is 144 Å². The molecule has 0 aromatic heterocycles. The SMILES string of the molecule is CC(C)c1ccc(NC(=O)COC(=O)c2cccc(Br)c2)cc1. The predicted octanol–water partition coefficient (Wildman–Crippen LogP) is 4.37. The number of esters is 1. The molecular weight excluding hydrogens is 358 g/mol. The maximum Gasteiger partial charge on any atom is 0.338 e. The van der Waals surface area contributed by atoms with Crippen LogP contribution >= 0.6 is 15.9 Å². The van der Waals surface area contributed by atoms with Crippen LogP contribution in [0, 0.1) is 0 Å². The van der Waals surface area contributed by atoms with Gasteiger partial charge in [-0.1, -0.05) is 48.0 Å². The highest BCUT2D eigenvalue weighted by molar-refractivity contribution is 9.10. The second kappa shape index (κ2) is 7.92. The van der Waals surface area contributed by atoms with Crippen molar-refractivity contribution in [2.24, 2.45) is 0 Å². The Balaban J connectivity index is 1.86. The molecule has 0 saturated heterocycles. The van der Waals surface area contributed by atoms with E-state index in [0.29, 0.717) is 17.2 Å². The van der Waals surface area contributed by atoms with Gasteiger partial charge in [0.15, 0.2) is 6.61 Å². The molecule has 1 amide bonds. The molecule has 0 aliphatic heterocycles. The van der Waals surface area contributed by atoms with Gasteiger partial charge in [-0.3, -0.25) is 4.79 Å². The van der Waals surface area contributed by atoms with Crippen molar-refractivity contribution < 1.29 is 14.3 Å². The van der Waals surface area contributed by atoms with E-state index in [9.17, 15) is 9.59 Å². The predicted molar refractivity (Wildman–Crippen MR) is 93.6 cm³/mol. The number of carbonyl (C=O) groups excluding carboxylic acids is 2. The third-order valence-corrected chi connectivity index (χ3v) is 3.75. The average molecular weight is 376 g/mol. The van der Waals surface area contributed by atoms with Crippen LogP contribution in [0.25, 0.3) is 0 Å². The summed E-state index contributed by atoms with van der Waals surface area (Å²) in [5.41, 5.74) is 2.27. The van der Waals surface area contributed by atoms with Crippen molar-refractivity contribution in [1.82, 2.24) is 0 Å². The zero-order valence-corrected chi connectivity index (χ0v) is 14.6. The number of anilines is 1. The van der Waals surface area contributed by atoms with Crippen molar-refractivity contribution in [3.05, 3.63) is 64.1 Å². The van der Waals surface area contributed by atoms with Gasteiger partial charge >= 0.3 is 5.97 Å². The Hall–Kier alpha value is -2.14. The minimum atomic E-state index is -0.531. The second-order valence-electron chi connectivity index (χ2n) is 5.41. The molecule has 0 aliphatic carbocycles. The number of ether oxygens (including phenoxy) is 1. The third kappa shape index (κ3) is 5.21. The Bertz CT molecular complexity index is 696. The lowest BCUT2D eigenvalue weighted by molar-refractivity contribution is -0.119. The van der Waals surface area contributed by atoms with Gasteiger partial charge in [-0.15, -0.1) is 0 Å². The highest BCUT2D eigenvalue weighted by atomic mass is 79.9. The molecule has 4 nitrogen and oxygen atoms in total. The van der Waals surface area contributed by atoms with E-state index < -0.39 is 5.97 Å². The van der Waals surface area contributed by atoms with E-state index in [1.165, 1.54) is 5.56 Å². The Morgan fingerprint density at radius 2 is 1.83 bits per heavy atom. The molecule has 0 heterocycles. The van der Waals surface area contributed by atoms with Crippen LogP contribution in [-0.4, -0.2) is 18.5 Å². The summed E-state index contributed by atoms with van der Waals surface area (Å²) < 4.78 is 5.79. The van der Waals surface area contributed by atoms with E-state index >= 15 is 0 Å². The van der Waals surface area contributed by atoms with Gasteiger partial charge < -0.3 is 10.1 Å². The topological polar surface area (TPSA) is 55.4 Å². The fourth-order valence-electron chi connectivity index (χ4n) is 1.98. The van der Waals surface area contributed by atoms with Crippen LogP contribution in [0.1, 0.15) is 35.7 Å². The largest absolute Gasteiger partial charge is 0.452 e. The first-order chi connectivity index (χ1) is 11.0. The molecular formula is C18H18BrNO3. The Morgan fingerprint density at radius 1 is 1.13 bits per heavy atom. The van der Waals surface area contributed by atoms with Gasteiger partial charge in [0.1, 0.15) is 0 Å². The molecule has 1 N–H and O–H groups in total. The summed E-state index contributed by atoms with van der Waals surface area (Å²) in [7, 11) is 0. The average Bonchev–Trinajstić information content (AvgIpc) is 2.53. The van der Waals surface area contributed by atoms with Crippen molar-refractivity contribution in [2.45, 2.75) is 19.8 Å². The van der Waals surface area contributed by atoms with Gasteiger partial charge in [-0.25, -0.2) is 4.79 Å². The number of carbonyl (C=O) groups is 2. The molecule has 120 valence electrons. The molecule has 0 fully saturated rings. The Kier molecular flexibility index (Phi) is 5.93. The molecule has 2 aromatic rings. The quantitative estimate of drug-likeness (QED) is 0.789. The van der Waals surface area contributed by atoms with Crippen LogP contribution < -0.4 is 5.32 Å². The first-order valence-electron chi connectivity index (χ1n) is 7.28. The van der Waals surface area contributed by atoms with Gasteiger partial charge in [0.25, 0.3) is 5.91 Å². The maximum atomic E-state index is 11.9. The minimum absolute atomic E-state index is 0.322. The van der Waals surface area contributed by atoms with Crippen LogP contribution in [0.5, 0.6) is 0 Å². The van der Waals surface area contributed by atoms with Gasteiger partial charge in [0.05, 0.1) is 5.56 Å². The lowest BCUT2D eigenvalue weighted by atomic mass is 10.0. The van der Waals surface area contributed by atoms with Gasteiger partial charge in [0, 0.05) is 10.2 Å². The fourth-order valence-corrected chi connectivity index (χ4v) is 2.38. The van der Waals surface area contributed by atoms with E-state index in [1.807, 2.05) is 30.3 Å². The first-order valence-corrected chi connectivity index (χ1v) is 8.07. The molecule has 0 bridgehead atoms. The second-order valence-corrected chi connectivity index (χ2v) is 6.33. The smallest absolute Gasteiger partial charge is 0.338 e. The summed E-state index contributed by atoms with van der Waals surface area (Å²) in [4.78, 5) is 23.7. The number of hydrogen-bond donors (Lipinski definition) is 1. The molecule has 0 atom stereocenters. The highest BCUT2D eigenvalue weighted by Gasteiger charge is 2.10. The summed E-state index contributed by atoms with van der Waals surface area (Å²) >= 11 is 3.28. The number of hydrogen-bond acceptors (Lipinski definition) is 3. The molecule has 0 spiro atoms. The zero-order valence-electron chi connectivity index (χ0n) is 13.0. The summed E-state index contributed by atoms with van der Waals surface area (Å²) in [6.07, 6.45) is 0. The highest BCUT2D eigenvalue weighted by Crippen LogP contribution is 2.17. The first kappa shape index (κ1) is 17.2. The molecule has 0 unspecified atom stereocenters. The molecule has 2 aromatic carbocycles. The van der Waals surface area contributed by atoms with Crippen molar-refractivity contribution in [1.29, 1.82) is 0 Å². The van der Waals surface area contributed by atoms with Gasteiger partial charge in [-0.05, 0) is 41.8 Å². The molecule has 0 saturated carbocycles. The van der Waals surface area contributed by atoms with E-state index in [0.717, 1.165) is 4.47 Å². The summed E-state index contributed by atoms with van der Waals surface area (Å²) in [5, 5.41) is 2.70. The van der Waals surface area contributed by atoms with Crippen LogP contribution in [0.4, 0.5) is 5.69 Å². The molecule has 0 aliphatic rings. The van der Waals surface area contributed by atoms with E-state index in [-0.39, 0.29) is 12.5 Å². The van der Waals surface area contributed by atoms with Gasteiger partial charge in [0.2, 0.25) is 0 Å². The number of nitrogens with one attached hydrogen (secondary N) is 1. The van der Waals surface area contributed by atoms with E-state index in [4.69, 9.17) is 4.74 Å². The maximum absolute atomic E-state index is 11.9. The van der Waals surface area contributed by atoms with Crippen LogP contribution in [0.2, 0.25) is 0 Å². The van der Waals surface area contributed by atoms with Crippen molar-refractivity contribution in [3.8, 4) is 0 Å². The number of halogens is 1. The van der Waals surface area contributed by atoms with E-state index in [2.05, 4.69) is 35.1 Å². The van der Waals surface area contributed by atoms with Gasteiger partial charge in [-0.2, -0.15) is 0 Å². The normalized spacial score (nSPS) is 10.4. The molecule has 23 heavy (non-hydrogen) atoms. The summed E-state index contributed by atoms with van der Waals surface area (Å²) in [5.74, 6) is -0.465. The van der Waals surface area contributed by atoms with Crippen LogP contribution in [0.15, 0.2) is 53.0 Å². The molecule has 2 rings (SSSR count). The van der Waals surface area contributed by atoms with Crippen LogP contribution in [-0.2, 0) is 9.53 Å². The Morgan fingerprint density at radius 3 is 2.43 bits per heavy atom. The summed E-state index contributed by atoms with van der Waals surface area (Å²) in [6, 6.07) is 14.4. The molecule has 5 heteroatoms. The lowest BCUT2D eigenvalue weighted by Crippen LogP contribution is -2.20. The number of benzene rings is 2. The standard InChI is InChI=1S/C18H18BrNO3/c1-12(2)13-6-8-16(9-7-13)20-17(21)11-23-18(22)14-4-3-5-15(19)10-14/h3-10,12H,11H2,1-2H3,(H,20,21). The number of amides is 1. The number of rotatable bonds is 5. The minimum Gasteiger partial charge on any atom is -0.452 e. The monoisotopic (exact) mass is 375 g/mol. The lowest BCUT2D eigenvalue weighted by Gasteiger charge is -2.09. The van der Waals surface area contributed by atoms with Crippen molar-refractivity contribution >= 4 is 33.5 Å². The fraction of sp³-hybridized carbons (Fsp3) is 0.222. The summed E-state index contributed by atoms with van der Waals surface area (Å²) in [6.45, 7) is 3.89. The van der Waals surface area contributed by atoms with Crippen molar-refractivity contribution in [3.63, 3.8) is 0 Å². The van der Waals surface area contributed by atoms with Crippen LogP contribution in [0.3, 0.4) is 0 Å². The zero-order chi connectivity index (χ0) is 16.8. The molecule has 0 radical (unpaired) electrons. The third-order valence-electron chi connectivity index (χ3n) is 3.26. The van der Waals surface area contributed by atoms with E-state index in [1.54, 1.807) is 18.2 Å².